The van der Waals surface area contributed by atoms with Gasteiger partial charge in [-0.15, -0.1) is 0 Å². The lowest BCUT2D eigenvalue weighted by Crippen LogP contribution is -2.31. The number of carbonyl (C=O) groups excluding carboxylic acids is 1. The van der Waals surface area contributed by atoms with E-state index in [1.807, 2.05) is 48.5 Å². The summed E-state index contributed by atoms with van der Waals surface area (Å²) in [5.74, 6) is 9.24. The number of hydrogen-bond donors (Lipinski definition) is 0. The van der Waals surface area contributed by atoms with E-state index < -0.39 is 5.41 Å². The molecule has 7 nitrogen and oxygen atoms in total. The maximum absolute atomic E-state index is 13.8. The van der Waals surface area contributed by atoms with E-state index in [1.54, 1.807) is 6.20 Å². The van der Waals surface area contributed by atoms with Gasteiger partial charge in [-0.2, -0.15) is 0 Å². The van der Waals surface area contributed by atoms with Gasteiger partial charge < -0.3 is 18.6 Å². The molecule has 1 aliphatic heterocycles. The fourth-order valence-corrected chi connectivity index (χ4v) is 5.94. The molecule has 0 radical (unpaired) electrons. The summed E-state index contributed by atoms with van der Waals surface area (Å²) in [7, 11) is 0. The van der Waals surface area contributed by atoms with Crippen LogP contribution in [0.25, 0.3) is 11.0 Å². The van der Waals surface area contributed by atoms with Crippen molar-refractivity contribution >= 4 is 16.8 Å². The summed E-state index contributed by atoms with van der Waals surface area (Å²) in [6, 6.07) is 15.3. The smallest absolute Gasteiger partial charge is 0.197 e. The zero-order valence-electron chi connectivity index (χ0n) is 24.8. The summed E-state index contributed by atoms with van der Waals surface area (Å²) in [4.78, 5) is 20.5. The molecule has 3 heterocycles. The molecule has 4 aromatic rings. The van der Waals surface area contributed by atoms with Crippen molar-refractivity contribution in [3.05, 3.63) is 88.4 Å². The van der Waals surface area contributed by atoms with Gasteiger partial charge in [0.1, 0.15) is 35.1 Å². The van der Waals surface area contributed by atoms with Crippen LogP contribution in [0.4, 0.5) is 0 Å². The van der Waals surface area contributed by atoms with Crippen molar-refractivity contribution in [3.8, 4) is 23.3 Å². The van der Waals surface area contributed by atoms with Crippen LogP contribution in [-0.2, 0) is 10.2 Å². The first-order valence-corrected chi connectivity index (χ1v) is 15.3. The lowest BCUT2D eigenvalue weighted by atomic mass is 9.71. The van der Waals surface area contributed by atoms with Crippen LogP contribution < -0.4 is 9.47 Å². The van der Waals surface area contributed by atoms with E-state index in [4.69, 9.17) is 18.6 Å². The molecule has 2 fully saturated rings. The predicted octanol–water partition coefficient (Wildman–Crippen LogP) is 5.99. The molecule has 2 aromatic heterocycles. The van der Waals surface area contributed by atoms with Crippen molar-refractivity contribution in [1.82, 2.24) is 9.88 Å². The number of hydrogen-bond acceptors (Lipinski definition) is 7. The standard InChI is InChI=1S/C36H36N2O5/c1-36(2)31-22-27(41-19-16-38-14-3-17-40-18-15-38)9-11-29(31)34(39)33-30-10-7-24(20-32(30)43-35(33)36)6-8-26-21-28(12-13-37-26)42-23-25-4-5-25/h7,9-13,20-22,25H,3-5,14-19,23H2,1-2H3. The largest absolute Gasteiger partial charge is 0.493 e. The normalized spacial score (nSPS) is 17.9. The summed E-state index contributed by atoms with van der Waals surface area (Å²) >= 11 is 0. The van der Waals surface area contributed by atoms with Crippen LogP contribution in [0.2, 0.25) is 0 Å². The highest BCUT2D eigenvalue weighted by molar-refractivity contribution is 6.19. The summed E-state index contributed by atoms with van der Waals surface area (Å²) in [5, 5.41) is 0.805. The third-order valence-corrected chi connectivity index (χ3v) is 8.63. The Bertz CT molecular complexity index is 1730. The molecule has 0 N–H and O–H groups in total. The van der Waals surface area contributed by atoms with Gasteiger partial charge in [0.05, 0.1) is 18.8 Å². The molecule has 7 rings (SSSR count). The van der Waals surface area contributed by atoms with Crippen molar-refractivity contribution in [2.24, 2.45) is 5.92 Å². The van der Waals surface area contributed by atoms with Crippen LogP contribution in [0.15, 0.2) is 59.1 Å². The Labute approximate surface area is 252 Å². The molecule has 2 aromatic carbocycles. The van der Waals surface area contributed by atoms with Gasteiger partial charge in [0, 0.05) is 60.4 Å². The lowest BCUT2D eigenvalue weighted by molar-refractivity contribution is 0.102. The summed E-state index contributed by atoms with van der Waals surface area (Å²) < 4.78 is 24.0. The molecule has 0 spiro atoms. The van der Waals surface area contributed by atoms with Crippen molar-refractivity contribution in [2.75, 3.05) is 46.1 Å². The quantitative estimate of drug-likeness (QED) is 0.250. The van der Waals surface area contributed by atoms with Crippen LogP contribution in [0.1, 0.15) is 71.6 Å². The van der Waals surface area contributed by atoms with Crippen LogP contribution in [0, 0.1) is 17.8 Å². The van der Waals surface area contributed by atoms with Gasteiger partial charge in [-0.1, -0.05) is 5.92 Å². The Morgan fingerprint density at radius 1 is 1.00 bits per heavy atom. The molecule has 0 atom stereocenters. The summed E-state index contributed by atoms with van der Waals surface area (Å²) in [5.41, 5.74) is 3.81. The summed E-state index contributed by atoms with van der Waals surface area (Å²) in [6.45, 7) is 9.93. The van der Waals surface area contributed by atoms with Crippen molar-refractivity contribution in [1.29, 1.82) is 0 Å². The van der Waals surface area contributed by atoms with Crippen molar-refractivity contribution < 1.29 is 23.4 Å². The van der Waals surface area contributed by atoms with Gasteiger partial charge in [-0.3, -0.25) is 9.69 Å². The van der Waals surface area contributed by atoms with Crippen LogP contribution in [0.3, 0.4) is 0 Å². The molecule has 0 amide bonds. The van der Waals surface area contributed by atoms with E-state index in [1.165, 1.54) is 12.8 Å². The van der Waals surface area contributed by atoms with Crippen molar-refractivity contribution in [2.45, 2.75) is 38.5 Å². The van der Waals surface area contributed by atoms with Gasteiger partial charge in [0.2, 0.25) is 0 Å². The molecule has 43 heavy (non-hydrogen) atoms. The average molecular weight is 577 g/mol. The molecule has 1 saturated carbocycles. The number of ether oxygens (including phenoxy) is 3. The number of rotatable bonds is 7. The first-order chi connectivity index (χ1) is 21.0. The van der Waals surface area contributed by atoms with E-state index in [0.29, 0.717) is 40.7 Å². The topological polar surface area (TPSA) is 74.0 Å². The Balaban J connectivity index is 1.11. The zero-order valence-corrected chi connectivity index (χ0v) is 24.8. The molecule has 0 bridgehead atoms. The van der Waals surface area contributed by atoms with E-state index >= 15 is 0 Å². The number of pyridine rings is 1. The second kappa shape index (κ2) is 11.5. The van der Waals surface area contributed by atoms with Crippen LogP contribution in [0.5, 0.6) is 11.5 Å². The first kappa shape index (κ1) is 27.7. The number of ketones is 1. The fraction of sp³-hybridized carbons (Fsp3) is 0.389. The Kier molecular flexibility index (Phi) is 7.42. The molecule has 1 saturated heterocycles. The number of nitrogens with zero attached hydrogens (tertiary/aromatic N) is 2. The SMILES string of the molecule is CC1(C)c2cc(OCCN3CCCOCC3)ccc2C(=O)c2c1oc1cc(C#Cc3cc(OCC4CC4)ccn3)ccc21. The Hall–Kier alpha value is -4.12. The minimum atomic E-state index is -0.518. The monoisotopic (exact) mass is 576 g/mol. The zero-order chi connectivity index (χ0) is 29.4. The van der Waals surface area contributed by atoms with Crippen molar-refractivity contribution in [3.63, 3.8) is 0 Å². The molecular weight excluding hydrogens is 540 g/mol. The van der Waals surface area contributed by atoms with Gasteiger partial charge in [0.15, 0.2) is 5.78 Å². The molecule has 3 aliphatic rings. The minimum absolute atomic E-state index is 0.0229. The van der Waals surface area contributed by atoms with Gasteiger partial charge >= 0.3 is 0 Å². The van der Waals surface area contributed by atoms with E-state index in [-0.39, 0.29) is 5.78 Å². The average Bonchev–Trinajstić information content (AvgIpc) is 3.81. The molecule has 2 aliphatic carbocycles. The second-order valence-electron chi connectivity index (χ2n) is 12.2. The van der Waals surface area contributed by atoms with Gasteiger partial charge in [-0.25, -0.2) is 4.98 Å². The van der Waals surface area contributed by atoms with Gasteiger partial charge in [0.25, 0.3) is 0 Å². The highest BCUT2D eigenvalue weighted by Crippen LogP contribution is 2.46. The van der Waals surface area contributed by atoms with Crippen LogP contribution in [-0.4, -0.2) is 61.7 Å². The predicted molar refractivity (Wildman–Crippen MR) is 164 cm³/mol. The number of carbonyl (C=O) groups is 1. The third-order valence-electron chi connectivity index (χ3n) is 8.63. The molecule has 0 unspecified atom stereocenters. The number of fused-ring (bicyclic) bond motifs is 4. The third kappa shape index (κ3) is 5.78. The number of aromatic nitrogens is 1. The number of furan rings is 1. The first-order valence-electron chi connectivity index (χ1n) is 15.3. The van der Waals surface area contributed by atoms with E-state index in [0.717, 1.165) is 73.9 Å². The highest BCUT2D eigenvalue weighted by atomic mass is 16.5. The van der Waals surface area contributed by atoms with Crippen LogP contribution >= 0.6 is 0 Å². The lowest BCUT2D eigenvalue weighted by Gasteiger charge is -2.31. The minimum Gasteiger partial charge on any atom is -0.493 e. The van der Waals surface area contributed by atoms with E-state index in [9.17, 15) is 4.79 Å². The molecule has 220 valence electrons. The highest BCUT2D eigenvalue weighted by Gasteiger charge is 2.41. The van der Waals surface area contributed by atoms with E-state index in [2.05, 4.69) is 35.6 Å². The second-order valence-corrected chi connectivity index (χ2v) is 12.2. The molecule has 7 heteroatoms. The fourth-order valence-electron chi connectivity index (χ4n) is 5.94. The summed E-state index contributed by atoms with van der Waals surface area (Å²) in [6.07, 6.45) is 5.26. The molecular formula is C36H36N2O5. The Morgan fingerprint density at radius 2 is 1.88 bits per heavy atom. The number of benzene rings is 2. The van der Waals surface area contributed by atoms with Gasteiger partial charge in [-0.05, 0) is 93.0 Å². The maximum atomic E-state index is 13.8. The maximum Gasteiger partial charge on any atom is 0.197 e. The Morgan fingerprint density at radius 3 is 2.77 bits per heavy atom.